The molecule has 0 amide bonds. The lowest BCUT2D eigenvalue weighted by molar-refractivity contribution is 0.247. The number of benzene rings is 1. The van der Waals surface area contributed by atoms with E-state index in [1.54, 1.807) is 6.07 Å². The van der Waals surface area contributed by atoms with Gasteiger partial charge in [0, 0.05) is 17.6 Å². The summed E-state index contributed by atoms with van der Waals surface area (Å²) < 4.78 is 10.9. The number of nitrogens with zero attached hydrogens (tertiary/aromatic N) is 1. The zero-order chi connectivity index (χ0) is 14.7. The second-order valence-electron chi connectivity index (χ2n) is 5.07. The van der Waals surface area contributed by atoms with Crippen molar-refractivity contribution in [1.29, 1.82) is 0 Å². The van der Waals surface area contributed by atoms with Gasteiger partial charge in [0.2, 0.25) is 0 Å². The van der Waals surface area contributed by atoms with Crippen LogP contribution in [0.25, 0.3) is 0 Å². The normalized spacial score (nSPS) is 11.1. The average Bonchev–Trinajstić information content (AvgIpc) is 2.85. The van der Waals surface area contributed by atoms with Crippen molar-refractivity contribution < 1.29 is 9.26 Å². The molecule has 1 heterocycles. The van der Waals surface area contributed by atoms with Gasteiger partial charge in [0.05, 0.1) is 5.69 Å². The largest absolute Gasteiger partial charge is 0.485 e. The molecule has 1 aromatic carbocycles. The van der Waals surface area contributed by atoms with E-state index in [1.807, 2.05) is 19.1 Å². The Morgan fingerprint density at radius 2 is 2.10 bits per heavy atom. The molecule has 0 unspecified atom stereocenters. The van der Waals surface area contributed by atoms with Crippen LogP contribution in [0.1, 0.15) is 42.3 Å². The Balaban J connectivity index is 2.14. The Morgan fingerprint density at radius 3 is 2.70 bits per heavy atom. The van der Waals surface area contributed by atoms with E-state index in [0.717, 1.165) is 27.6 Å². The number of rotatable bonds is 5. The molecule has 0 aliphatic rings. The summed E-state index contributed by atoms with van der Waals surface area (Å²) >= 11 is 6.24. The van der Waals surface area contributed by atoms with Gasteiger partial charge in [-0.05, 0) is 36.1 Å². The highest BCUT2D eigenvalue weighted by molar-refractivity contribution is 6.31. The van der Waals surface area contributed by atoms with Crippen LogP contribution in [0.4, 0.5) is 0 Å². The fraction of sp³-hybridized carbons (Fsp3) is 0.400. The molecule has 0 aliphatic heterocycles. The highest BCUT2D eigenvalue weighted by atomic mass is 35.5. The minimum atomic E-state index is 0.326. The van der Waals surface area contributed by atoms with Gasteiger partial charge in [-0.3, -0.25) is 0 Å². The number of aryl methyl sites for hydroxylation is 1. The fourth-order valence-corrected chi connectivity index (χ4v) is 2.37. The first-order valence-corrected chi connectivity index (χ1v) is 6.96. The number of nitrogens with two attached hydrogens (primary N) is 1. The minimum absolute atomic E-state index is 0.326. The molecule has 2 rings (SSSR count). The zero-order valence-electron chi connectivity index (χ0n) is 11.9. The molecule has 0 saturated carbocycles. The van der Waals surface area contributed by atoms with E-state index in [2.05, 4.69) is 19.0 Å². The maximum Gasteiger partial charge on any atom is 0.174 e. The molecule has 0 saturated heterocycles. The lowest BCUT2D eigenvalue weighted by atomic mass is 10.0. The van der Waals surface area contributed by atoms with Crippen molar-refractivity contribution in [3.63, 3.8) is 0 Å². The summed E-state index contributed by atoms with van der Waals surface area (Å²) in [6, 6.07) is 5.72. The summed E-state index contributed by atoms with van der Waals surface area (Å²) in [5, 5.41) is 4.60. The Labute approximate surface area is 123 Å². The van der Waals surface area contributed by atoms with E-state index in [9.17, 15) is 0 Å². The van der Waals surface area contributed by atoms with E-state index in [-0.39, 0.29) is 0 Å². The van der Waals surface area contributed by atoms with Crippen molar-refractivity contribution in [1.82, 2.24) is 5.16 Å². The van der Waals surface area contributed by atoms with Crippen LogP contribution in [-0.2, 0) is 13.2 Å². The molecule has 2 aromatic rings. The number of aromatic nitrogens is 1. The Morgan fingerprint density at radius 1 is 1.35 bits per heavy atom. The van der Waals surface area contributed by atoms with Crippen molar-refractivity contribution >= 4 is 11.6 Å². The molecule has 0 aliphatic carbocycles. The Kier molecular flexibility index (Phi) is 4.68. The first-order chi connectivity index (χ1) is 9.51. The number of halogens is 1. The molecule has 0 radical (unpaired) electrons. The van der Waals surface area contributed by atoms with E-state index in [1.165, 1.54) is 0 Å². The third-order valence-electron chi connectivity index (χ3n) is 3.10. The Hall–Kier alpha value is -1.52. The third-order valence-corrected chi connectivity index (χ3v) is 3.43. The average molecular weight is 295 g/mol. The summed E-state index contributed by atoms with van der Waals surface area (Å²) in [7, 11) is 0. The van der Waals surface area contributed by atoms with Gasteiger partial charge in [0.25, 0.3) is 0 Å². The topological polar surface area (TPSA) is 61.3 Å². The van der Waals surface area contributed by atoms with E-state index in [0.29, 0.717) is 24.8 Å². The summed E-state index contributed by atoms with van der Waals surface area (Å²) in [6.07, 6.45) is 0. The van der Waals surface area contributed by atoms with E-state index in [4.69, 9.17) is 26.6 Å². The smallest absolute Gasteiger partial charge is 0.174 e. The van der Waals surface area contributed by atoms with Gasteiger partial charge >= 0.3 is 0 Å². The van der Waals surface area contributed by atoms with Crippen molar-refractivity contribution in [2.24, 2.45) is 5.73 Å². The first-order valence-electron chi connectivity index (χ1n) is 6.58. The van der Waals surface area contributed by atoms with Gasteiger partial charge in [-0.25, -0.2) is 0 Å². The third kappa shape index (κ3) is 3.32. The maximum atomic E-state index is 6.24. The fourth-order valence-electron chi connectivity index (χ4n) is 1.94. The van der Waals surface area contributed by atoms with Crippen LogP contribution in [0.15, 0.2) is 22.7 Å². The van der Waals surface area contributed by atoms with Crippen molar-refractivity contribution in [3.8, 4) is 5.75 Å². The lowest BCUT2D eigenvalue weighted by Gasteiger charge is -2.14. The zero-order valence-corrected chi connectivity index (χ0v) is 12.7. The summed E-state index contributed by atoms with van der Waals surface area (Å²) in [5.74, 6) is 1.81. The van der Waals surface area contributed by atoms with Gasteiger partial charge in [-0.1, -0.05) is 30.6 Å². The lowest BCUT2D eigenvalue weighted by Crippen LogP contribution is -1.99. The molecule has 0 atom stereocenters. The van der Waals surface area contributed by atoms with Crippen molar-refractivity contribution in [3.05, 3.63) is 45.8 Å². The summed E-state index contributed by atoms with van der Waals surface area (Å²) in [4.78, 5) is 0. The number of ether oxygens (including phenoxy) is 1. The highest BCUT2D eigenvalue weighted by Gasteiger charge is 2.11. The van der Waals surface area contributed by atoms with Crippen molar-refractivity contribution in [2.45, 2.75) is 39.8 Å². The van der Waals surface area contributed by atoms with Gasteiger partial charge in [0.15, 0.2) is 5.76 Å². The van der Waals surface area contributed by atoms with Gasteiger partial charge in [-0.2, -0.15) is 0 Å². The van der Waals surface area contributed by atoms with Crippen LogP contribution < -0.4 is 10.5 Å². The SMILES string of the molecule is Cc1cc(Cl)c(C(C)C)cc1OCc1cc(CN)no1. The summed E-state index contributed by atoms with van der Waals surface area (Å²) in [6.45, 7) is 6.86. The molecule has 20 heavy (non-hydrogen) atoms. The predicted molar refractivity (Wildman–Crippen MR) is 79.0 cm³/mol. The van der Waals surface area contributed by atoms with Crippen LogP contribution in [0, 0.1) is 6.92 Å². The van der Waals surface area contributed by atoms with Crippen LogP contribution in [0.3, 0.4) is 0 Å². The van der Waals surface area contributed by atoms with Gasteiger partial charge in [-0.15, -0.1) is 0 Å². The second kappa shape index (κ2) is 6.29. The molecule has 0 spiro atoms. The molecule has 108 valence electrons. The molecule has 5 heteroatoms. The summed E-state index contributed by atoms with van der Waals surface area (Å²) in [5.41, 5.74) is 8.28. The molecule has 0 fully saturated rings. The van der Waals surface area contributed by atoms with Crippen LogP contribution in [-0.4, -0.2) is 5.16 Å². The maximum absolute atomic E-state index is 6.24. The quantitative estimate of drug-likeness (QED) is 0.911. The van der Waals surface area contributed by atoms with E-state index < -0.39 is 0 Å². The monoisotopic (exact) mass is 294 g/mol. The van der Waals surface area contributed by atoms with Crippen molar-refractivity contribution in [2.75, 3.05) is 0 Å². The van der Waals surface area contributed by atoms with Crippen LogP contribution >= 0.6 is 11.6 Å². The first kappa shape index (κ1) is 14.9. The molecule has 4 nitrogen and oxygen atoms in total. The van der Waals surface area contributed by atoms with Crippen LogP contribution in [0.5, 0.6) is 5.75 Å². The van der Waals surface area contributed by atoms with Crippen LogP contribution in [0.2, 0.25) is 5.02 Å². The second-order valence-corrected chi connectivity index (χ2v) is 5.48. The molecular formula is C15H19ClN2O2. The standard InChI is InChI=1S/C15H19ClN2O2/c1-9(2)13-6-15(10(3)4-14(13)16)19-8-12-5-11(7-17)18-20-12/h4-6,9H,7-8,17H2,1-3H3. The number of hydrogen-bond donors (Lipinski definition) is 1. The highest BCUT2D eigenvalue weighted by Crippen LogP contribution is 2.31. The molecule has 2 N–H and O–H groups in total. The minimum Gasteiger partial charge on any atom is -0.485 e. The van der Waals surface area contributed by atoms with Gasteiger partial charge in [0.1, 0.15) is 12.4 Å². The number of hydrogen-bond acceptors (Lipinski definition) is 4. The van der Waals surface area contributed by atoms with Gasteiger partial charge < -0.3 is 15.0 Å². The molecule has 1 aromatic heterocycles. The predicted octanol–water partition coefficient (Wildman–Crippen LogP) is 3.80. The van der Waals surface area contributed by atoms with E-state index >= 15 is 0 Å². The molecule has 0 bridgehead atoms. The molecular weight excluding hydrogens is 276 g/mol. The Bertz CT molecular complexity index is 594.